The summed E-state index contributed by atoms with van der Waals surface area (Å²) in [5.74, 6) is 1.02. The number of nitrogen functional groups attached to an aromatic ring is 1. The first-order valence-corrected chi connectivity index (χ1v) is 9.67. The van der Waals surface area contributed by atoms with Gasteiger partial charge in [-0.25, -0.2) is 15.0 Å². The van der Waals surface area contributed by atoms with Gasteiger partial charge in [-0.05, 0) is 43.9 Å². The van der Waals surface area contributed by atoms with Gasteiger partial charge in [0.15, 0.2) is 0 Å². The summed E-state index contributed by atoms with van der Waals surface area (Å²) in [5, 5.41) is 3.62. The van der Waals surface area contributed by atoms with E-state index in [9.17, 15) is 0 Å². The highest BCUT2D eigenvalue weighted by molar-refractivity contribution is 6.32. The second-order valence-electron chi connectivity index (χ2n) is 7.08. The molecule has 0 saturated carbocycles. The lowest BCUT2D eigenvalue weighted by molar-refractivity contribution is 0.396. The number of fused-ring (bicyclic) bond motifs is 1. The topological polar surface area (TPSA) is 93.6 Å². The number of halogens is 1. The number of aromatic nitrogens is 4. The number of ether oxygens (including phenoxy) is 1. The normalized spacial score (nSPS) is 11.2. The molecule has 0 unspecified atom stereocenters. The number of nitrogens with zero attached hydrogens (tertiary/aromatic N) is 5. The summed E-state index contributed by atoms with van der Waals surface area (Å²) in [6.45, 7) is 0.707. The van der Waals surface area contributed by atoms with Gasteiger partial charge in [0.2, 0.25) is 5.95 Å². The third-order valence-electron chi connectivity index (χ3n) is 4.60. The van der Waals surface area contributed by atoms with Gasteiger partial charge in [0, 0.05) is 18.4 Å². The van der Waals surface area contributed by atoms with Crippen LogP contribution in [0.1, 0.15) is 5.56 Å². The number of hydrogen-bond acceptors (Lipinski definition) is 7. The Balaban J connectivity index is 1.71. The molecule has 3 aromatic heterocycles. The molecule has 0 aliphatic carbocycles. The van der Waals surface area contributed by atoms with Gasteiger partial charge in [-0.3, -0.25) is 4.40 Å². The van der Waals surface area contributed by atoms with Crippen LogP contribution in [0.2, 0.25) is 5.02 Å². The third-order valence-corrected chi connectivity index (χ3v) is 4.87. The lowest BCUT2D eigenvalue weighted by Gasteiger charge is -2.17. The third kappa shape index (κ3) is 3.87. The summed E-state index contributed by atoms with van der Waals surface area (Å²) in [4.78, 5) is 15.4. The second kappa shape index (κ2) is 8.17. The molecule has 3 heterocycles. The lowest BCUT2D eigenvalue weighted by Crippen LogP contribution is -2.13. The minimum absolute atomic E-state index is 0.373. The van der Waals surface area contributed by atoms with Crippen LogP contribution in [0, 0.1) is 0 Å². The van der Waals surface area contributed by atoms with E-state index in [1.165, 1.54) is 0 Å². The molecular weight excluding hydrogens is 402 g/mol. The van der Waals surface area contributed by atoms with Crippen LogP contribution in [0.15, 0.2) is 48.9 Å². The van der Waals surface area contributed by atoms with E-state index in [-0.39, 0.29) is 0 Å². The number of imidazole rings is 1. The van der Waals surface area contributed by atoms with Crippen molar-refractivity contribution in [3.63, 3.8) is 0 Å². The summed E-state index contributed by atoms with van der Waals surface area (Å²) in [6, 6.07) is 9.51. The van der Waals surface area contributed by atoms with Gasteiger partial charge < -0.3 is 20.7 Å². The lowest BCUT2D eigenvalue weighted by atomic mass is 10.1. The molecule has 30 heavy (non-hydrogen) atoms. The van der Waals surface area contributed by atoms with Crippen molar-refractivity contribution in [3.8, 4) is 17.1 Å². The zero-order chi connectivity index (χ0) is 21.3. The molecule has 8 nitrogen and oxygen atoms in total. The molecule has 0 aliphatic heterocycles. The van der Waals surface area contributed by atoms with Gasteiger partial charge in [-0.2, -0.15) is 0 Å². The van der Waals surface area contributed by atoms with Crippen LogP contribution in [-0.2, 0) is 6.54 Å². The van der Waals surface area contributed by atoms with Crippen molar-refractivity contribution in [1.29, 1.82) is 0 Å². The number of methoxy groups -OCH3 is 1. The maximum absolute atomic E-state index is 6.40. The Hall–Kier alpha value is -3.36. The number of nitrogens with one attached hydrogen (secondary N) is 1. The van der Waals surface area contributed by atoms with Crippen LogP contribution in [0.4, 0.5) is 17.3 Å². The predicted octanol–water partition coefficient (Wildman–Crippen LogP) is 3.84. The van der Waals surface area contributed by atoms with Crippen molar-refractivity contribution >= 4 is 34.6 Å². The van der Waals surface area contributed by atoms with Crippen LogP contribution in [0.3, 0.4) is 0 Å². The van der Waals surface area contributed by atoms with Crippen LogP contribution in [-0.4, -0.2) is 45.5 Å². The Kier molecular flexibility index (Phi) is 5.43. The van der Waals surface area contributed by atoms with E-state index < -0.39 is 0 Å². The van der Waals surface area contributed by atoms with E-state index in [1.807, 2.05) is 59.9 Å². The van der Waals surface area contributed by atoms with Crippen molar-refractivity contribution in [3.05, 3.63) is 59.5 Å². The molecular formula is C21H22ClN7O. The molecule has 0 aliphatic rings. The van der Waals surface area contributed by atoms with E-state index in [0.717, 1.165) is 16.9 Å². The Morgan fingerprint density at radius 2 is 2.03 bits per heavy atom. The van der Waals surface area contributed by atoms with Crippen molar-refractivity contribution in [1.82, 2.24) is 24.3 Å². The van der Waals surface area contributed by atoms with E-state index in [0.29, 0.717) is 40.3 Å². The van der Waals surface area contributed by atoms with Gasteiger partial charge in [-0.15, -0.1) is 0 Å². The molecule has 0 fully saturated rings. The highest BCUT2D eigenvalue weighted by atomic mass is 35.5. The van der Waals surface area contributed by atoms with Gasteiger partial charge in [0.25, 0.3) is 0 Å². The number of hydrogen-bond donors (Lipinski definition) is 2. The van der Waals surface area contributed by atoms with Crippen LogP contribution < -0.4 is 15.8 Å². The highest BCUT2D eigenvalue weighted by Crippen LogP contribution is 2.33. The molecule has 1 aromatic carbocycles. The molecule has 0 bridgehead atoms. The standard InChI is InChI=1S/C21H22ClN7O/c1-28(2)12-13-8-18(30-3)16(9-15(13)23)26-21-25-10-14(22)20(27-21)17-11-24-19-6-4-5-7-29(17)19/h4-11H,12,23H2,1-3H3,(H,25,26,27). The largest absolute Gasteiger partial charge is 0.495 e. The predicted molar refractivity (Wildman–Crippen MR) is 119 cm³/mol. The number of nitrogens with two attached hydrogens (primary N) is 1. The fourth-order valence-corrected chi connectivity index (χ4v) is 3.41. The summed E-state index contributed by atoms with van der Waals surface area (Å²) >= 11 is 6.40. The second-order valence-corrected chi connectivity index (χ2v) is 7.48. The van der Waals surface area contributed by atoms with E-state index in [1.54, 1.807) is 19.5 Å². The van der Waals surface area contributed by atoms with Gasteiger partial charge >= 0.3 is 0 Å². The number of anilines is 3. The Morgan fingerprint density at radius 3 is 2.80 bits per heavy atom. The first kappa shape index (κ1) is 19.9. The quantitative estimate of drug-likeness (QED) is 0.455. The molecule has 0 saturated heterocycles. The van der Waals surface area contributed by atoms with Gasteiger partial charge in [0.05, 0.1) is 35.9 Å². The fourth-order valence-electron chi connectivity index (χ4n) is 3.22. The molecule has 0 atom stereocenters. The minimum Gasteiger partial charge on any atom is -0.495 e. The van der Waals surface area contributed by atoms with E-state index in [2.05, 4.69) is 20.3 Å². The van der Waals surface area contributed by atoms with Crippen LogP contribution >= 0.6 is 11.6 Å². The molecule has 3 N–H and O–H groups in total. The molecule has 4 aromatic rings. The van der Waals surface area contributed by atoms with Gasteiger partial charge in [0.1, 0.15) is 17.1 Å². The highest BCUT2D eigenvalue weighted by Gasteiger charge is 2.15. The molecule has 4 rings (SSSR count). The number of pyridine rings is 1. The molecule has 0 spiro atoms. The average Bonchev–Trinajstić information content (AvgIpc) is 3.15. The van der Waals surface area contributed by atoms with Gasteiger partial charge in [-0.1, -0.05) is 17.7 Å². The summed E-state index contributed by atoms with van der Waals surface area (Å²) in [6.07, 6.45) is 5.21. The fraction of sp³-hybridized carbons (Fsp3) is 0.190. The Morgan fingerprint density at radius 1 is 1.20 bits per heavy atom. The monoisotopic (exact) mass is 423 g/mol. The Labute approximate surface area is 179 Å². The minimum atomic E-state index is 0.373. The molecule has 0 amide bonds. The summed E-state index contributed by atoms with van der Waals surface area (Å²) < 4.78 is 7.47. The van der Waals surface area contributed by atoms with Crippen LogP contribution in [0.25, 0.3) is 17.0 Å². The van der Waals surface area contributed by atoms with E-state index in [4.69, 9.17) is 22.1 Å². The SMILES string of the molecule is COc1cc(CN(C)C)c(N)cc1Nc1ncc(Cl)c(-c2cnc3ccccn23)n1. The van der Waals surface area contributed by atoms with E-state index >= 15 is 0 Å². The Bertz CT molecular complexity index is 1210. The zero-order valence-electron chi connectivity index (χ0n) is 16.9. The van der Waals surface area contributed by atoms with Crippen molar-refractivity contribution in [2.24, 2.45) is 0 Å². The van der Waals surface area contributed by atoms with Crippen LogP contribution in [0.5, 0.6) is 5.75 Å². The zero-order valence-corrected chi connectivity index (χ0v) is 17.7. The van der Waals surface area contributed by atoms with Crippen molar-refractivity contribution in [2.75, 3.05) is 32.3 Å². The smallest absolute Gasteiger partial charge is 0.227 e. The summed E-state index contributed by atoms with van der Waals surface area (Å²) in [5.41, 5.74) is 10.7. The number of benzene rings is 1. The molecule has 154 valence electrons. The first-order chi connectivity index (χ1) is 14.5. The molecule has 0 radical (unpaired) electrons. The molecule has 9 heteroatoms. The number of rotatable bonds is 6. The maximum Gasteiger partial charge on any atom is 0.227 e. The average molecular weight is 424 g/mol. The first-order valence-electron chi connectivity index (χ1n) is 9.29. The van der Waals surface area contributed by atoms with Crippen molar-refractivity contribution < 1.29 is 4.74 Å². The van der Waals surface area contributed by atoms with Crippen molar-refractivity contribution in [2.45, 2.75) is 6.54 Å². The maximum atomic E-state index is 6.40. The summed E-state index contributed by atoms with van der Waals surface area (Å²) in [7, 11) is 5.59.